The van der Waals surface area contributed by atoms with Gasteiger partial charge in [0.2, 0.25) is 11.8 Å². The van der Waals surface area contributed by atoms with E-state index in [4.69, 9.17) is 14.2 Å². The Morgan fingerprint density at radius 1 is 0.787 bits per heavy atom. The van der Waals surface area contributed by atoms with Gasteiger partial charge in [0.1, 0.15) is 29.4 Å². The summed E-state index contributed by atoms with van der Waals surface area (Å²) in [4.78, 5) is 71.3. The first-order valence-corrected chi connectivity index (χ1v) is 14.3. The summed E-state index contributed by atoms with van der Waals surface area (Å²) >= 11 is 0. The lowest BCUT2D eigenvalue weighted by molar-refractivity contribution is -0.120. The van der Waals surface area contributed by atoms with E-state index in [1.165, 1.54) is 47.9 Å². The fourth-order valence-electron chi connectivity index (χ4n) is 4.31. The molecule has 2 aromatic rings. The molecular formula is C31H36F2N4O10. The van der Waals surface area contributed by atoms with Crippen LogP contribution in [0.2, 0.25) is 0 Å². The Morgan fingerprint density at radius 3 is 1.53 bits per heavy atom. The number of nitrogens with one attached hydrogen (secondary N) is 2. The number of methoxy groups -OCH3 is 1. The number of hydrogen-bond donors (Lipinski definition) is 2. The number of carbonyl (C=O) groups excluding carboxylic acids is 6. The van der Waals surface area contributed by atoms with Crippen LogP contribution in [0, 0.1) is 11.6 Å². The predicted molar refractivity (Wildman–Crippen MR) is 162 cm³/mol. The Kier molecular flexibility index (Phi) is 11.8. The Bertz CT molecular complexity index is 1540. The van der Waals surface area contributed by atoms with E-state index in [1.807, 2.05) is 0 Å². The summed E-state index contributed by atoms with van der Waals surface area (Å²) in [6, 6.07) is 7.54. The van der Waals surface area contributed by atoms with E-state index >= 15 is 0 Å². The molecule has 2 atom stereocenters. The molecule has 14 nitrogen and oxygen atoms in total. The minimum Gasteiger partial charge on any atom is -0.465 e. The quantitative estimate of drug-likeness (QED) is 0.316. The molecule has 0 aliphatic carbocycles. The van der Waals surface area contributed by atoms with Gasteiger partial charge < -0.3 is 29.6 Å². The van der Waals surface area contributed by atoms with E-state index in [-0.39, 0.29) is 60.5 Å². The van der Waals surface area contributed by atoms with Gasteiger partial charge in [-0.2, -0.15) is 0 Å². The molecule has 2 aliphatic rings. The molecule has 2 heterocycles. The Balaban J connectivity index is 0.000000257. The van der Waals surface area contributed by atoms with Crippen LogP contribution in [0.3, 0.4) is 0 Å². The van der Waals surface area contributed by atoms with E-state index in [0.717, 1.165) is 19.2 Å². The van der Waals surface area contributed by atoms with E-state index in [9.17, 15) is 37.5 Å². The average molecular weight is 663 g/mol. The number of amides is 4. The molecule has 16 heteroatoms. The molecule has 4 amide bonds. The van der Waals surface area contributed by atoms with Gasteiger partial charge in [-0.05, 0) is 57.2 Å². The third-order valence-electron chi connectivity index (χ3n) is 6.46. The van der Waals surface area contributed by atoms with Gasteiger partial charge in [-0.3, -0.25) is 19.4 Å². The van der Waals surface area contributed by atoms with Crippen LogP contribution in [-0.4, -0.2) is 87.0 Å². The van der Waals surface area contributed by atoms with Gasteiger partial charge in [-0.25, -0.2) is 28.0 Å². The second-order valence-electron chi connectivity index (χ2n) is 11.4. The SMILES string of the molecule is CC(=O)NC[C@H]1CN(c2ccc(C(=O)OC(C)(C)C)c(F)c2)C(=O)O1.COC(=O)c1ccc(N2C[C@H](CNC(C)=O)OC2=O)cc1F. The first-order chi connectivity index (χ1) is 22.0. The van der Waals surface area contributed by atoms with Gasteiger partial charge in [0, 0.05) is 13.8 Å². The van der Waals surface area contributed by atoms with Crippen molar-refractivity contribution in [3.63, 3.8) is 0 Å². The molecule has 0 saturated carbocycles. The highest BCUT2D eigenvalue weighted by Crippen LogP contribution is 2.26. The highest BCUT2D eigenvalue weighted by atomic mass is 19.1. The Labute approximate surface area is 269 Å². The molecule has 0 bridgehead atoms. The number of nitrogens with zero attached hydrogens (tertiary/aromatic N) is 2. The predicted octanol–water partition coefficient (Wildman–Crippen LogP) is 3.32. The van der Waals surface area contributed by atoms with Gasteiger partial charge in [0.25, 0.3) is 0 Å². The number of halogens is 2. The Morgan fingerprint density at radius 2 is 1.19 bits per heavy atom. The molecule has 0 aromatic heterocycles. The van der Waals surface area contributed by atoms with Crippen LogP contribution in [0.1, 0.15) is 55.3 Å². The lowest BCUT2D eigenvalue weighted by atomic mass is 10.1. The third kappa shape index (κ3) is 10.1. The molecule has 2 N–H and O–H groups in total. The molecular weight excluding hydrogens is 626 g/mol. The summed E-state index contributed by atoms with van der Waals surface area (Å²) in [7, 11) is 1.15. The fourth-order valence-corrected chi connectivity index (χ4v) is 4.31. The average Bonchev–Trinajstić information content (AvgIpc) is 3.55. The van der Waals surface area contributed by atoms with Crippen LogP contribution in [-0.2, 0) is 28.5 Å². The summed E-state index contributed by atoms with van der Waals surface area (Å²) in [6.45, 7) is 8.48. The van der Waals surface area contributed by atoms with E-state index < -0.39 is 53.6 Å². The van der Waals surface area contributed by atoms with E-state index in [1.54, 1.807) is 20.8 Å². The van der Waals surface area contributed by atoms with Crippen molar-refractivity contribution < 1.29 is 56.5 Å². The molecule has 0 radical (unpaired) electrons. The molecule has 2 fully saturated rings. The summed E-state index contributed by atoms with van der Waals surface area (Å²) in [5.74, 6) is -3.61. The zero-order chi connectivity index (χ0) is 35.1. The number of ether oxygens (including phenoxy) is 4. The lowest BCUT2D eigenvalue weighted by Crippen LogP contribution is -2.33. The lowest BCUT2D eigenvalue weighted by Gasteiger charge is -2.20. The standard InChI is InChI=1S/C17H21FN2O5.C14H15FN2O5/c1-10(21)19-8-12-9-20(16(23)24-12)11-5-6-13(14(18)7-11)15(22)25-17(2,3)4;1-8(18)16-6-10-7-17(14(20)22-10)9-3-4-11(12(15)5-9)13(19)21-2/h5-7,12H,8-9H2,1-4H3,(H,19,21);3-5,10H,6-7H2,1-2H3,(H,16,18)/t12-;10-/m00/s1. The fraction of sp³-hybridized carbons (Fsp3) is 0.419. The molecule has 2 aromatic carbocycles. The van der Waals surface area contributed by atoms with E-state index in [2.05, 4.69) is 15.4 Å². The number of cyclic esters (lactones) is 2. The molecule has 2 aliphatic heterocycles. The topological polar surface area (TPSA) is 170 Å². The highest BCUT2D eigenvalue weighted by Gasteiger charge is 2.34. The third-order valence-corrected chi connectivity index (χ3v) is 6.46. The van der Waals surface area contributed by atoms with E-state index in [0.29, 0.717) is 0 Å². The first kappa shape index (κ1) is 36.2. The summed E-state index contributed by atoms with van der Waals surface area (Å²) in [5, 5.41) is 5.10. The van der Waals surface area contributed by atoms with Crippen LogP contribution in [0.5, 0.6) is 0 Å². The molecule has 2 saturated heterocycles. The number of esters is 2. The smallest absolute Gasteiger partial charge is 0.414 e. The summed E-state index contributed by atoms with van der Waals surface area (Å²) < 4.78 is 47.9. The Hall–Kier alpha value is -5.28. The van der Waals surface area contributed by atoms with Crippen LogP contribution in [0.4, 0.5) is 29.7 Å². The molecule has 254 valence electrons. The van der Waals surface area contributed by atoms with Crippen LogP contribution in [0.25, 0.3) is 0 Å². The highest BCUT2D eigenvalue weighted by molar-refractivity contribution is 5.94. The van der Waals surface area contributed by atoms with Crippen molar-refractivity contribution in [2.75, 3.05) is 43.1 Å². The maximum atomic E-state index is 14.3. The molecule has 4 rings (SSSR count). The van der Waals surface area contributed by atoms with Crippen molar-refractivity contribution in [2.24, 2.45) is 0 Å². The van der Waals surface area contributed by atoms with Gasteiger partial charge in [-0.1, -0.05) is 0 Å². The molecule has 0 unspecified atom stereocenters. The number of anilines is 2. The van der Waals surface area contributed by atoms with Gasteiger partial charge in [-0.15, -0.1) is 0 Å². The maximum absolute atomic E-state index is 14.3. The minimum absolute atomic E-state index is 0.171. The normalized spacial score (nSPS) is 17.2. The summed E-state index contributed by atoms with van der Waals surface area (Å²) in [6.07, 6.45) is -2.31. The second kappa shape index (κ2) is 15.3. The monoisotopic (exact) mass is 662 g/mol. The van der Waals surface area contributed by atoms with Gasteiger partial charge in [0.05, 0.1) is 55.8 Å². The van der Waals surface area contributed by atoms with Crippen molar-refractivity contribution >= 4 is 47.3 Å². The zero-order valence-corrected chi connectivity index (χ0v) is 26.7. The van der Waals surface area contributed by atoms with Crippen molar-refractivity contribution in [3.05, 3.63) is 59.2 Å². The first-order valence-electron chi connectivity index (χ1n) is 14.3. The van der Waals surface area contributed by atoms with Crippen molar-refractivity contribution in [3.8, 4) is 0 Å². The van der Waals surface area contributed by atoms with Gasteiger partial charge >= 0.3 is 24.1 Å². The summed E-state index contributed by atoms with van der Waals surface area (Å²) in [5.41, 5.74) is -0.631. The van der Waals surface area contributed by atoms with Crippen molar-refractivity contribution in [1.29, 1.82) is 0 Å². The molecule has 47 heavy (non-hydrogen) atoms. The minimum atomic E-state index is -0.795. The second-order valence-corrected chi connectivity index (χ2v) is 11.4. The van der Waals surface area contributed by atoms with Crippen LogP contribution >= 0.6 is 0 Å². The van der Waals surface area contributed by atoms with Gasteiger partial charge in [0.15, 0.2) is 0 Å². The largest absolute Gasteiger partial charge is 0.465 e. The maximum Gasteiger partial charge on any atom is 0.414 e. The number of benzene rings is 2. The zero-order valence-electron chi connectivity index (χ0n) is 26.7. The number of hydrogen-bond acceptors (Lipinski definition) is 10. The van der Waals surface area contributed by atoms with Crippen molar-refractivity contribution in [2.45, 2.75) is 52.4 Å². The van der Waals surface area contributed by atoms with Crippen molar-refractivity contribution in [1.82, 2.24) is 10.6 Å². The van der Waals surface area contributed by atoms with Crippen LogP contribution in [0.15, 0.2) is 36.4 Å². The molecule has 0 spiro atoms. The van der Waals surface area contributed by atoms with Crippen LogP contribution < -0.4 is 20.4 Å². The number of carbonyl (C=O) groups is 6. The number of rotatable bonds is 8.